The van der Waals surface area contributed by atoms with Crippen molar-refractivity contribution in [2.45, 2.75) is 33.6 Å². The number of esters is 1. The maximum Gasteiger partial charge on any atom is 0.311 e. The first-order valence-electron chi connectivity index (χ1n) is 3.95. The molecule has 0 N–H and O–H groups in total. The first kappa shape index (κ1) is 10.5. The Balaban J connectivity index is 3.54. The molecule has 0 saturated carbocycles. The van der Waals surface area contributed by atoms with Crippen LogP contribution in [-0.2, 0) is 9.53 Å². The van der Waals surface area contributed by atoms with Crippen molar-refractivity contribution in [3.8, 4) is 0 Å². The summed E-state index contributed by atoms with van der Waals surface area (Å²) >= 11 is 0. The standard InChI is InChI=1S/C9H17O2/c1-5-6-7-11-8(10)9(2,3)4/h1,5-7H2,2-4H3. The number of unbranched alkanes of at least 4 members (excludes halogenated alkanes) is 1. The predicted molar refractivity (Wildman–Crippen MR) is 45.0 cm³/mol. The molecule has 0 aromatic heterocycles. The van der Waals surface area contributed by atoms with Crippen molar-refractivity contribution in [1.29, 1.82) is 0 Å². The largest absolute Gasteiger partial charge is 0.465 e. The Labute approximate surface area is 68.9 Å². The highest BCUT2D eigenvalue weighted by Gasteiger charge is 2.22. The van der Waals surface area contributed by atoms with Gasteiger partial charge in [0, 0.05) is 0 Å². The highest BCUT2D eigenvalue weighted by atomic mass is 16.5. The quantitative estimate of drug-likeness (QED) is 0.463. The molecule has 0 heterocycles. The van der Waals surface area contributed by atoms with E-state index in [2.05, 4.69) is 6.92 Å². The molecule has 0 amide bonds. The van der Waals surface area contributed by atoms with Crippen molar-refractivity contribution in [3.05, 3.63) is 6.92 Å². The number of hydrogen-bond acceptors (Lipinski definition) is 2. The molecule has 0 aliphatic rings. The molecule has 0 unspecified atom stereocenters. The van der Waals surface area contributed by atoms with Gasteiger partial charge in [-0.15, -0.1) is 0 Å². The molecule has 0 atom stereocenters. The summed E-state index contributed by atoms with van der Waals surface area (Å²) < 4.78 is 4.97. The van der Waals surface area contributed by atoms with Crippen LogP contribution in [0.15, 0.2) is 0 Å². The van der Waals surface area contributed by atoms with Gasteiger partial charge in [0.2, 0.25) is 0 Å². The molecule has 0 aromatic carbocycles. The number of ether oxygens (including phenoxy) is 1. The summed E-state index contributed by atoms with van der Waals surface area (Å²) in [4.78, 5) is 11.1. The van der Waals surface area contributed by atoms with E-state index in [0.29, 0.717) is 6.61 Å². The number of carbonyl (C=O) groups excluding carboxylic acids is 1. The third-order valence-corrected chi connectivity index (χ3v) is 1.24. The minimum Gasteiger partial charge on any atom is -0.465 e. The minimum atomic E-state index is -0.374. The van der Waals surface area contributed by atoms with Crippen molar-refractivity contribution >= 4 is 5.97 Å². The molecule has 1 radical (unpaired) electrons. The molecular weight excluding hydrogens is 140 g/mol. The van der Waals surface area contributed by atoms with E-state index in [1.54, 1.807) is 0 Å². The Morgan fingerprint density at radius 3 is 2.36 bits per heavy atom. The zero-order chi connectivity index (χ0) is 8.91. The van der Waals surface area contributed by atoms with E-state index < -0.39 is 0 Å². The van der Waals surface area contributed by atoms with E-state index in [-0.39, 0.29) is 11.4 Å². The second-order valence-electron chi connectivity index (χ2n) is 3.59. The molecule has 0 aromatic rings. The van der Waals surface area contributed by atoms with Crippen LogP contribution in [0.5, 0.6) is 0 Å². The SMILES string of the molecule is [CH2]CCCOC(=O)C(C)(C)C. The van der Waals surface area contributed by atoms with Crippen molar-refractivity contribution in [1.82, 2.24) is 0 Å². The normalized spacial score (nSPS) is 11.3. The smallest absolute Gasteiger partial charge is 0.311 e. The topological polar surface area (TPSA) is 26.3 Å². The lowest BCUT2D eigenvalue weighted by atomic mass is 9.97. The third kappa shape index (κ3) is 4.82. The molecule has 0 aliphatic heterocycles. The van der Waals surface area contributed by atoms with Crippen molar-refractivity contribution < 1.29 is 9.53 Å². The molecule has 11 heavy (non-hydrogen) atoms. The van der Waals surface area contributed by atoms with Gasteiger partial charge in [-0.2, -0.15) is 0 Å². The predicted octanol–water partition coefficient (Wildman–Crippen LogP) is 2.19. The van der Waals surface area contributed by atoms with Crippen LogP contribution in [0.2, 0.25) is 0 Å². The Bertz CT molecular complexity index is 122. The lowest BCUT2D eigenvalue weighted by Gasteiger charge is -2.15. The molecule has 0 rings (SSSR count). The van der Waals surface area contributed by atoms with E-state index in [1.165, 1.54) is 0 Å². The van der Waals surface area contributed by atoms with Gasteiger partial charge in [0.05, 0.1) is 12.0 Å². The molecule has 0 fully saturated rings. The van der Waals surface area contributed by atoms with Crippen LogP contribution >= 0.6 is 0 Å². The fourth-order valence-electron chi connectivity index (χ4n) is 0.483. The van der Waals surface area contributed by atoms with Crippen molar-refractivity contribution in [3.63, 3.8) is 0 Å². The van der Waals surface area contributed by atoms with E-state index in [0.717, 1.165) is 12.8 Å². The van der Waals surface area contributed by atoms with Gasteiger partial charge in [0.15, 0.2) is 0 Å². The fraction of sp³-hybridized carbons (Fsp3) is 0.778. The highest BCUT2D eigenvalue weighted by molar-refractivity contribution is 5.75. The lowest BCUT2D eigenvalue weighted by molar-refractivity contribution is -0.153. The van der Waals surface area contributed by atoms with Crippen LogP contribution in [0.1, 0.15) is 33.6 Å². The second kappa shape index (κ2) is 4.37. The van der Waals surface area contributed by atoms with Crippen molar-refractivity contribution in [2.24, 2.45) is 5.41 Å². The highest BCUT2D eigenvalue weighted by Crippen LogP contribution is 2.14. The summed E-state index contributed by atoms with van der Waals surface area (Å²) in [6, 6.07) is 0. The summed E-state index contributed by atoms with van der Waals surface area (Å²) in [5, 5.41) is 0. The summed E-state index contributed by atoms with van der Waals surface area (Å²) in [7, 11) is 0. The molecular formula is C9H17O2. The van der Waals surface area contributed by atoms with Gasteiger partial charge < -0.3 is 4.74 Å². The average Bonchev–Trinajstić information content (AvgIpc) is 1.86. The van der Waals surface area contributed by atoms with Crippen molar-refractivity contribution in [2.75, 3.05) is 6.61 Å². The molecule has 0 spiro atoms. The van der Waals surface area contributed by atoms with Gasteiger partial charge in [-0.1, -0.05) is 13.3 Å². The maximum atomic E-state index is 11.1. The lowest BCUT2D eigenvalue weighted by Crippen LogP contribution is -2.23. The van der Waals surface area contributed by atoms with Gasteiger partial charge in [0.1, 0.15) is 0 Å². The Morgan fingerprint density at radius 1 is 1.45 bits per heavy atom. The van der Waals surface area contributed by atoms with E-state index in [1.807, 2.05) is 20.8 Å². The second-order valence-corrected chi connectivity index (χ2v) is 3.59. The summed E-state index contributed by atoms with van der Waals surface area (Å²) in [5.41, 5.74) is -0.374. The molecule has 2 nitrogen and oxygen atoms in total. The van der Waals surface area contributed by atoms with Crippen LogP contribution in [0.25, 0.3) is 0 Å². The first-order chi connectivity index (χ1) is 4.98. The van der Waals surface area contributed by atoms with Gasteiger partial charge in [-0.05, 0) is 27.2 Å². The zero-order valence-electron chi connectivity index (χ0n) is 7.64. The van der Waals surface area contributed by atoms with Crippen LogP contribution < -0.4 is 0 Å². The summed E-state index contributed by atoms with van der Waals surface area (Å²) in [5.74, 6) is -0.133. The van der Waals surface area contributed by atoms with Gasteiger partial charge in [-0.25, -0.2) is 0 Å². The van der Waals surface area contributed by atoms with Gasteiger partial charge in [-0.3, -0.25) is 4.79 Å². The van der Waals surface area contributed by atoms with Crippen LogP contribution in [0.4, 0.5) is 0 Å². The Hall–Kier alpha value is -0.530. The first-order valence-corrected chi connectivity index (χ1v) is 3.95. The van der Waals surface area contributed by atoms with E-state index in [4.69, 9.17) is 4.74 Å². The molecule has 0 aliphatic carbocycles. The summed E-state index contributed by atoms with van der Waals surface area (Å²) in [6.45, 7) is 9.69. The summed E-state index contributed by atoms with van der Waals surface area (Å²) in [6.07, 6.45) is 1.67. The number of rotatable bonds is 3. The molecule has 0 saturated heterocycles. The van der Waals surface area contributed by atoms with Gasteiger partial charge >= 0.3 is 5.97 Å². The van der Waals surface area contributed by atoms with Crippen LogP contribution in [0, 0.1) is 12.3 Å². The van der Waals surface area contributed by atoms with Crippen LogP contribution in [-0.4, -0.2) is 12.6 Å². The minimum absolute atomic E-state index is 0.133. The average molecular weight is 157 g/mol. The number of carbonyl (C=O) groups is 1. The maximum absolute atomic E-state index is 11.1. The molecule has 2 heteroatoms. The molecule has 65 valence electrons. The monoisotopic (exact) mass is 157 g/mol. The molecule has 0 bridgehead atoms. The van der Waals surface area contributed by atoms with Gasteiger partial charge in [0.25, 0.3) is 0 Å². The fourth-order valence-corrected chi connectivity index (χ4v) is 0.483. The third-order valence-electron chi connectivity index (χ3n) is 1.24. The van der Waals surface area contributed by atoms with E-state index >= 15 is 0 Å². The zero-order valence-corrected chi connectivity index (χ0v) is 7.64. The van der Waals surface area contributed by atoms with E-state index in [9.17, 15) is 4.79 Å². The number of hydrogen-bond donors (Lipinski definition) is 0. The Morgan fingerprint density at radius 2 is 2.00 bits per heavy atom. The Kier molecular flexibility index (Phi) is 4.16. The van der Waals surface area contributed by atoms with Crippen LogP contribution in [0.3, 0.4) is 0 Å².